The molecule has 1 aliphatic carbocycles. The second-order valence-electron chi connectivity index (χ2n) is 7.61. The summed E-state index contributed by atoms with van der Waals surface area (Å²) in [5.74, 6) is -2.02. The summed E-state index contributed by atoms with van der Waals surface area (Å²) >= 11 is 1.69. The minimum Gasteiger partial charge on any atom is -0.488 e. The van der Waals surface area contributed by atoms with Crippen molar-refractivity contribution in [1.29, 1.82) is 0 Å². The van der Waals surface area contributed by atoms with Gasteiger partial charge in [-0.1, -0.05) is 18.9 Å². The number of benzene rings is 1. The van der Waals surface area contributed by atoms with Crippen molar-refractivity contribution in [3.05, 3.63) is 42.1 Å². The van der Waals surface area contributed by atoms with Crippen LogP contribution in [0.3, 0.4) is 0 Å². The fraction of sp³-hybridized carbons (Fsp3) is 0.500. The fourth-order valence-corrected chi connectivity index (χ4v) is 5.00. The Hall–Kier alpha value is -2.15. The van der Waals surface area contributed by atoms with E-state index in [9.17, 15) is 13.6 Å². The molecule has 2 aromatic rings. The first-order chi connectivity index (χ1) is 15.1. The van der Waals surface area contributed by atoms with E-state index in [-0.39, 0.29) is 18.3 Å². The lowest BCUT2D eigenvalue weighted by atomic mass is 10.1. The Bertz CT molecular complexity index is 849. The van der Waals surface area contributed by atoms with Crippen molar-refractivity contribution in [2.45, 2.75) is 68.6 Å². The van der Waals surface area contributed by atoms with Crippen LogP contribution < -0.4 is 4.74 Å². The van der Waals surface area contributed by atoms with Crippen molar-refractivity contribution in [3.8, 4) is 16.9 Å². The van der Waals surface area contributed by atoms with Crippen molar-refractivity contribution >= 4 is 17.7 Å². The Morgan fingerprint density at radius 2 is 1.90 bits per heavy atom. The minimum absolute atomic E-state index is 0.186. The van der Waals surface area contributed by atoms with E-state index in [0.717, 1.165) is 29.9 Å². The summed E-state index contributed by atoms with van der Waals surface area (Å²) in [7, 11) is 0. The predicted octanol–water partition coefficient (Wildman–Crippen LogP) is 6.56. The van der Waals surface area contributed by atoms with Crippen molar-refractivity contribution in [3.63, 3.8) is 0 Å². The molecule has 1 aromatic carbocycles. The third-order valence-corrected chi connectivity index (χ3v) is 6.59. The van der Waals surface area contributed by atoms with Gasteiger partial charge < -0.3 is 9.47 Å². The van der Waals surface area contributed by atoms with Gasteiger partial charge in [0.2, 0.25) is 0 Å². The summed E-state index contributed by atoms with van der Waals surface area (Å²) in [6.07, 6.45) is 8.78. The quantitative estimate of drug-likeness (QED) is 0.287. The van der Waals surface area contributed by atoms with E-state index in [4.69, 9.17) is 9.47 Å². The number of carbonyl (C=O) groups is 1. The molecule has 1 saturated carbocycles. The van der Waals surface area contributed by atoms with Gasteiger partial charge in [0, 0.05) is 23.4 Å². The molecule has 0 N–H and O–H groups in total. The topological polar surface area (TPSA) is 48.4 Å². The number of halogens is 2. The lowest BCUT2D eigenvalue weighted by molar-refractivity contribution is -0.143. The summed E-state index contributed by atoms with van der Waals surface area (Å²) in [5.41, 5.74) is 1.20. The van der Waals surface area contributed by atoms with Gasteiger partial charge in [-0.2, -0.15) is 0 Å². The second kappa shape index (κ2) is 12.0. The number of ether oxygens (including phenoxy) is 2. The third kappa shape index (κ3) is 6.92. The van der Waals surface area contributed by atoms with E-state index in [1.165, 1.54) is 25.0 Å². The van der Waals surface area contributed by atoms with E-state index >= 15 is 0 Å². The Kier molecular flexibility index (Phi) is 9.13. The highest BCUT2D eigenvalue weighted by Gasteiger charge is 2.20. The molecule has 4 nitrogen and oxygen atoms in total. The number of pyridine rings is 1. The van der Waals surface area contributed by atoms with Crippen LogP contribution in [0.4, 0.5) is 8.78 Å². The molecule has 0 atom stereocenters. The molecule has 1 heterocycles. The third-order valence-electron chi connectivity index (χ3n) is 5.24. The summed E-state index contributed by atoms with van der Waals surface area (Å²) in [6.45, 7) is 2.33. The highest BCUT2D eigenvalue weighted by atomic mass is 32.2. The van der Waals surface area contributed by atoms with Gasteiger partial charge in [-0.05, 0) is 62.8 Å². The minimum atomic E-state index is -0.720. The molecule has 0 radical (unpaired) electrons. The molecule has 0 aliphatic heterocycles. The van der Waals surface area contributed by atoms with Gasteiger partial charge in [0.25, 0.3) is 0 Å². The number of rotatable bonds is 11. The number of carbonyl (C=O) groups excluding carboxylic acids is 1. The molecule has 3 rings (SSSR count). The molecule has 0 bridgehead atoms. The van der Waals surface area contributed by atoms with E-state index in [1.807, 2.05) is 6.07 Å². The first-order valence-electron chi connectivity index (χ1n) is 11.0. The number of nitrogens with zero attached hydrogens (tertiary/aromatic N) is 1. The maximum Gasteiger partial charge on any atom is 0.305 e. The Labute approximate surface area is 186 Å². The number of esters is 1. The number of aromatic nitrogens is 1. The zero-order valence-electron chi connectivity index (χ0n) is 17.9. The van der Waals surface area contributed by atoms with Crippen LogP contribution in [0.2, 0.25) is 0 Å². The summed E-state index contributed by atoms with van der Waals surface area (Å²) in [4.78, 5) is 15.8. The van der Waals surface area contributed by atoms with E-state index in [2.05, 4.69) is 4.98 Å². The van der Waals surface area contributed by atoms with Gasteiger partial charge in [-0.3, -0.25) is 4.79 Å². The lowest BCUT2D eigenvalue weighted by Gasteiger charge is -2.14. The second-order valence-corrected chi connectivity index (χ2v) is 8.90. The van der Waals surface area contributed by atoms with Crippen LogP contribution in [0.5, 0.6) is 5.75 Å². The van der Waals surface area contributed by atoms with Crippen LogP contribution in [-0.2, 0) is 9.53 Å². The molecule has 7 heteroatoms. The average Bonchev–Trinajstić information content (AvgIpc) is 3.25. The van der Waals surface area contributed by atoms with E-state index < -0.39 is 11.6 Å². The number of hydrogen-bond donors (Lipinski definition) is 0. The van der Waals surface area contributed by atoms with Crippen LogP contribution >= 0.6 is 11.8 Å². The normalized spacial score (nSPS) is 14.0. The van der Waals surface area contributed by atoms with E-state index in [0.29, 0.717) is 36.7 Å². The monoisotopic (exact) mass is 449 g/mol. The molecule has 1 aliphatic rings. The predicted molar refractivity (Wildman–Crippen MR) is 118 cm³/mol. The van der Waals surface area contributed by atoms with Crippen LogP contribution in [0.15, 0.2) is 35.5 Å². The maximum absolute atomic E-state index is 14.6. The van der Waals surface area contributed by atoms with Crippen LogP contribution in [0, 0.1) is 11.6 Å². The zero-order valence-corrected chi connectivity index (χ0v) is 18.7. The van der Waals surface area contributed by atoms with Gasteiger partial charge in [-0.25, -0.2) is 13.8 Å². The molecular formula is C24H29F2NO3S. The first kappa shape index (κ1) is 23.5. The van der Waals surface area contributed by atoms with Gasteiger partial charge in [0.05, 0.1) is 13.2 Å². The largest absolute Gasteiger partial charge is 0.488 e. The number of unbranched alkanes of at least 4 members (excludes halogenated alkanes) is 2. The molecule has 0 spiro atoms. The summed E-state index contributed by atoms with van der Waals surface area (Å²) in [6, 6.07) is 6.26. The van der Waals surface area contributed by atoms with Gasteiger partial charge in [-0.15, -0.1) is 11.8 Å². The van der Waals surface area contributed by atoms with E-state index in [1.54, 1.807) is 30.9 Å². The Morgan fingerprint density at radius 1 is 1.16 bits per heavy atom. The highest BCUT2D eigenvalue weighted by molar-refractivity contribution is 8.00. The summed E-state index contributed by atoms with van der Waals surface area (Å²) in [5, 5.41) is 1.32. The SMILES string of the molecule is CCOC(=O)CCCCCOc1c(F)cc(-c2cccnc2SC2CCCC2)cc1F. The number of thioether (sulfide) groups is 1. The highest BCUT2D eigenvalue weighted by Crippen LogP contribution is 2.39. The molecular weight excluding hydrogens is 420 g/mol. The van der Waals surface area contributed by atoms with Gasteiger partial charge >= 0.3 is 5.97 Å². The number of hydrogen-bond acceptors (Lipinski definition) is 5. The molecule has 1 fully saturated rings. The Balaban J connectivity index is 1.59. The van der Waals surface area contributed by atoms with Crippen LogP contribution in [-0.4, -0.2) is 29.4 Å². The molecule has 0 saturated heterocycles. The van der Waals surface area contributed by atoms with Crippen LogP contribution in [0.1, 0.15) is 58.3 Å². The smallest absolute Gasteiger partial charge is 0.305 e. The molecule has 0 unspecified atom stereocenters. The van der Waals surface area contributed by atoms with Crippen molar-refractivity contribution in [2.75, 3.05) is 13.2 Å². The standard InChI is InChI=1S/C24H29F2NO3S/c1-2-29-22(28)12-4-3-7-14-30-23-20(25)15-17(16-21(23)26)19-11-8-13-27-24(19)31-18-9-5-6-10-18/h8,11,13,15-16,18H,2-7,9-10,12,14H2,1H3. The van der Waals surface area contributed by atoms with Crippen LogP contribution in [0.25, 0.3) is 11.1 Å². The lowest BCUT2D eigenvalue weighted by Crippen LogP contribution is -2.05. The molecule has 1 aromatic heterocycles. The molecule has 0 amide bonds. The van der Waals surface area contributed by atoms with Gasteiger partial charge in [0.15, 0.2) is 17.4 Å². The van der Waals surface area contributed by atoms with Gasteiger partial charge in [0.1, 0.15) is 5.03 Å². The Morgan fingerprint density at radius 3 is 2.61 bits per heavy atom. The zero-order chi connectivity index (χ0) is 22.1. The average molecular weight is 450 g/mol. The first-order valence-corrected chi connectivity index (χ1v) is 11.9. The van der Waals surface area contributed by atoms with Crippen molar-refractivity contribution < 1.29 is 23.0 Å². The summed E-state index contributed by atoms with van der Waals surface area (Å²) < 4.78 is 39.5. The fourth-order valence-electron chi connectivity index (χ4n) is 3.68. The van der Waals surface area contributed by atoms with Crippen molar-refractivity contribution in [1.82, 2.24) is 4.98 Å². The van der Waals surface area contributed by atoms with Crippen molar-refractivity contribution in [2.24, 2.45) is 0 Å². The molecule has 31 heavy (non-hydrogen) atoms. The molecule has 168 valence electrons. The maximum atomic E-state index is 14.6.